The fraction of sp³-hybridized carbons (Fsp3) is 0.368. The summed E-state index contributed by atoms with van der Waals surface area (Å²) in [5.74, 6) is 0. The van der Waals surface area contributed by atoms with Crippen LogP contribution >= 0.6 is 0 Å². The summed E-state index contributed by atoms with van der Waals surface area (Å²) in [6, 6.07) is 10.2. The molecular formula is C19H23N3O4S. The first kappa shape index (κ1) is 19.3. The SMILES string of the molecule is Cc1ccc(S(=O)(=O)N2CCN(c3cccc(C)c3C)CC2)cc1[N+](=O)[O-]. The number of nitro benzene ring substituents is 1. The number of hydrogen-bond donors (Lipinski definition) is 0. The van der Waals surface area contributed by atoms with E-state index in [9.17, 15) is 18.5 Å². The third kappa shape index (κ3) is 3.68. The second-order valence-corrected chi connectivity index (χ2v) is 8.75. The van der Waals surface area contributed by atoms with Gasteiger partial charge in [0.05, 0.1) is 9.82 Å². The Kier molecular flexibility index (Phi) is 5.21. The molecule has 3 rings (SSSR count). The van der Waals surface area contributed by atoms with Crippen LogP contribution in [-0.2, 0) is 10.0 Å². The first-order valence-corrected chi connectivity index (χ1v) is 10.2. The average Bonchev–Trinajstić information content (AvgIpc) is 2.64. The number of sulfonamides is 1. The minimum atomic E-state index is -3.76. The largest absolute Gasteiger partial charge is 0.369 e. The maximum Gasteiger partial charge on any atom is 0.273 e. The van der Waals surface area contributed by atoms with E-state index in [0.717, 1.165) is 11.8 Å². The molecule has 0 aromatic heterocycles. The monoisotopic (exact) mass is 389 g/mol. The van der Waals surface area contributed by atoms with Crippen LogP contribution in [0.2, 0.25) is 0 Å². The van der Waals surface area contributed by atoms with Gasteiger partial charge in [-0.1, -0.05) is 18.2 Å². The number of anilines is 1. The Hall–Kier alpha value is -2.45. The standard InChI is InChI=1S/C19H23N3O4S/c1-14-5-4-6-18(16(14)3)20-9-11-21(12-10-20)27(25,26)17-8-7-15(2)19(13-17)22(23)24/h4-8,13H,9-12H2,1-3H3. The lowest BCUT2D eigenvalue weighted by atomic mass is 10.1. The molecule has 0 amide bonds. The summed E-state index contributed by atoms with van der Waals surface area (Å²) in [5, 5.41) is 11.1. The molecule has 1 aliphatic rings. The number of piperazine rings is 1. The predicted molar refractivity (Wildman–Crippen MR) is 105 cm³/mol. The molecule has 1 aliphatic heterocycles. The van der Waals surface area contributed by atoms with Crippen LogP contribution in [0, 0.1) is 30.9 Å². The first-order valence-electron chi connectivity index (χ1n) is 8.78. The molecule has 0 atom stereocenters. The maximum absolute atomic E-state index is 12.9. The molecule has 0 bridgehead atoms. The van der Waals surface area contributed by atoms with Gasteiger partial charge in [0, 0.05) is 43.5 Å². The van der Waals surface area contributed by atoms with E-state index < -0.39 is 14.9 Å². The van der Waals surface area contributed by atoms with Gasteiger partial charge in [-0.2, -0.15) is 4.31 Å². The van der Waals surface area contributed by atoms with E-state index in [4.69, 9.17) is 0 Å². The van der Waals surface area contributed by atoms with Gasteiger partial charge in [-0.05, 0) is 44.0 Å². The summed E-state index contributed by atoms with van der Waals surface area (Å²) in [6.45, 7) is 7.57. The zero-order valence-corrected chi connectivity index (χ0v) is 16.5. The lowest BCUT2D eigenvalue weighted by Crippen LogP contribution is -2.48. The van der Waals surface area contributed by atoms with E-state index in [0.29, 0.717) is 31.7 Å². The second kappa shape index (κ2) is 7.28. The number of benzene rings is 2. The lowest BCUT2D eigenvalue weighted by Gasteiger charge is -2.36. The van der Waals surface area contributed by atoms with Crippen LogP contribution in [-0.4, -0.2) is 43.8 Å². The van der Waals surface area contributed by atoms with Crippen molar-refractivity contribution in [2.75, 3.05) is 31.1 Å². The van der Waals surface area contributed by atoms with Gasteiger partial charge >= 0.3 is 0 Å². The summed E-state index contributed by atoms with van der Waals surface area (Å²) in [7, 11) is -3.76. The van der Waals surface area contributed by atoms with Crippen molar-refractivity contribution in [3.05, 3.63) is 63.2 Å². The third-order valence-electron chi connectivity index (χ3n) is 5.17. The van der Waals surface area contributed by atoms with Crippen molar-refractivity contribution in [3.63, 3.8) is 0 Å². The fourth-order valence-electron chi connectivity index (χ4n) is 3.34. The quantitative estimate of drug-likeness (QED) is 0.593. The van der Waals surface area contributed by atoms with Crippen LogP contribution in [0.4, 0.5) is 11.4 Å². The molecule has 0 spiro atoms. The minimum absolute atomic E-state index is 0.0278. The van der Waals surface area contributed by atoms with Crippen molar-refractivity contribution < 1.29 is 13.3 Å². The molecule has 0 unspecified atom stereocenters. The average molecular weight is 389 g/mol. The number of hydrogen-bond acceptors (Lipinski definition) is 5. The zero-order valence-electron chi connectivity index (χ0n) is 15.7. The molecule has 144 valence electrons. The summed E-state index contributed by atoms with van der Waals surface area (Å²) in [6.07, 6.45) is 0. The smallest absolute Gasteiger partial charge is 0.273 e. The van der Waals surface area contributed by atoms with Crippen LogP contribution in [0.1, 0.15) is 16.7 Å². The second-order valence-electron chi connectivity index (χ2n) is 6.82. The van der Waals surface area contributed by atoms with Gasteiger partial charge in [0.1, 0.15) is 0 Å². The highest BCUT2D eigenvalue weighted by Crippen LogP contribution is 2.27. The molecule has 0 radical (unpaired) electrons. The Morgan fingerprint density at radius 2 is 1.63 bits per heavy atom. The number of aryl methyl sites for hydroxylation is 2. The minimum Gasteiger partial charge on any atom is -0.369 e. The van der Waals surface area contributed by atoms with E-state index in [1.165, 1.54) is 27.6 Å². The van der Waals surface area contributed by atoms with Crippen LogP contribution in [0.3, 0.4) is 0 Å². The third-order valence-corrected chi connectivity index (χ3v) is 7.07. The zero-order chi connectivity index (χ0) is 19.8. The maximum atomic E-state index is 12.9. The summed E-state index contributed by atoms with van der Waals surface area (Å²) >= 11 is 0. The van der Waals surface area contributed by atoms with Gasteiger partial charge < -0.3 is 4.90 Å². The van der Waals surface area contributed by atoms with Gasteiger partial charge in [-0.15, -0.1) is 0 Å². The molecule has 27 heavy (non-hydrogen) atoms. The predicted octanol–water partition coefficient (Wildman–Crippen LogP) is 3.03. The van der Waals surface area contributed by atoms with E-state index in [2.05, 4.69) is 30.9 Å². The summed E-state index contributed by atoms with van der Waals surface area (Å²) in [4.78, 5) is 12.7. The summed E-state index contributed by atoms with van der Waals surface area (Å²) < 4.78 is 27.3. The van der Waals surface area contributed by atoms with E-state index >= 15 is 0 Å². The number of nitrogens with zero attached hydrogens (tertiary/aromatic N) is 3. The van der Waals surface area contributed by atoms with Crippen molar-refractivity contribution >= 4 is 21.4 Å². The molecule has 2 aromatic rings. The Morgan fingerprint density at radius 3 is 2.26 bits per heavy atom. The van der Waals surface area contributed by atoms with E-state index in [1.54, 1.807) is 6.92 Å². The molecular weight excluding hydrogens is 366 g/mol. The van der Waals surface area contributed by atoms with Gasteiger partial charge in [0.2, 0.25) is 10.0 Å². The first-order chi connectivity index (χ1) is 12.7. The molecule has 1 heterocycles. The highest BCUT2D eigenvalue weighted by molar-refractivity contribution is 7.89. The molecule has 1 saturated heterocycles. The van der Waals surface area contributed by atoms with Crippen LogP contribution < -0.4 is 4.90 Å². The highest BCUT2D eigenvalue weighted by atomic mass is 32.2. The molecule has 1 fully saturated rings. The normalized spacial score (nSPS) is 15.7. The molecule has 7 nitrogen and oxygen atoms in total. The van der Waals surface area contributed by atoms with Crippen LogP contribution in [0.15, 0.2) is 41.3 Å². The molecule has 0 saturated carbocycles. The molecule has 8 heteroatoms. The van der Waals surface area contributed by atoms with Gasteiger partial charge in [-0.3, -0.25) is 10.1 Å². The van der Waals surface area contributed by atoms with E-state index in [-0.39, 0.29) is 10.6 Å². The molecule has 0 N–H and O–H groups in total. The Bertz CT molecular complexity index is 980. The van der Waals surface area contributed by atoms with Crippen molar-refractivity contribution in [1.29, 1.82) is 0 Å². The topological polar surface area (TPSA) is 83.8 Å². The van der Waals surface area contributed by atoms with Gasteiger partial charge in [0.15, 0.2) is 0 Å². The Morgan fingerprint density at radius 1 is 0.963 bits per heavy atom. The number of nitro groups is 1. The molecule has 0 aliphatic carbocycles. The van der Waals surface area contributed by atoms with Crippen LogP contribution in [0.5, 0.6) is 0 Å². The molecule has 2 aromatic carbocycles. The van der Waals surface area contributed by atoms with Gasteiger partial charge in [0.25, 0.3) is 5.69 Å². The Labute approximate surface area is 159 Å². The van der Waals surface area contributed by atoms with Crippen molar-refractivity contribution in [2.24, 2.45) is 0 Å². The fourth-order valence-corrected chi connectivity index (χ4v) is 4.79. The van der Waals surface area contributed by atoms with Crippen molar-refractivity contribution in [3.8, 4) is 0 Å². The number of rotatable bonds is 4. The van der Waals surface area contributed by atoms with Gasteiger partial charge in [-0.25, -0.2) is 8.42 Å². The highest BCUT2D eigenvalue weighted by Gasteiger charge is 2.30. The Balaban J connectivity index is 1.80. The van der Waals surface area contributed by atoms with Crippen molar-refractivity contribution in [1.82, 2.24) is 4.31 Å². The summed E-state index contributed by atoms with van der Waals surface area (Å²) in [5.41, 5.74) is 3.79. The van der Waals surface area contributed by atoms with Crippen molar-refractivity contribution in [2.45, 2.75) is 25.7 Å². The lowest BCUT2D eigenvalue weighted by molar-refractivity contribution is -0.385. The van der Waals surface area contributed by atoms with Crippen LogP contribution in [0.25, 0.3) is 0 Å². The van der Waals surface area contributed by atoms with E-state index in [1.807, 2.05) is 6.07 Å².